The van der Waals surface area contributed by atoms with Gasteiger partial charge in [-0.2, -0.15) is 26.3 Å². The summed E-state index contributed by atoms with van der Waals surface area (Å²) in [5, 5.41) is 11.0. The van der Waals surface area contributed by atoms with Crippen LogP contribution in [0.4, 0.5) is 35.9 Å². The molecule has 2 saturated carbocycles. The van der Waals surface area contributed by atoms with E-state index >= 15 is 0 Å². The van der Waals surface area contributed by atoms with Crippen molar-refractivity contribution in [2.24, 2.45) is 0 Å². The molecular weight excluding hydrogens is 666 g/mol. The lowest BCUT2D eigenvalue weighted by Crippen LogP contribution is -2.57. The summed E-state index contributed by atoms with van der Waals surface area (Å²) in [6.45, 7) is 5.00. The van der Waals surface area contributed by atoms with Gasteiger partial charge in [-0.1, -0.05) is 60.7 Å². The molecule has 0 unspecified atom stereocenters. The molecule has 2 aliphatic carbocycles. The third kappa shape index (κ3) is 13.7. The van der Waals surface area contributed by atoms with Crippen molar-refractivity contribution in [3.8, 4) is 0 Å². The second-order valence-corrected chi connectivity index (χ2v) is 14.0. The summed E-state index contributed by atoms with van der Waals surface area (Å²) in [4.78, 5) is 23.7. The van der Waals surface area contributed by atoms with Crippen LogP contribution in [-0.4, -0.2) is 59.8 Å². The van der Waals surface area contributed by atoms with Crippen LogP contribution in [-0.2, 0) is 22.7 Å². The molecule has 0 aliphatic heterocycles. The van der Waals surface area contributed by atoms with Crippen LogP contribution in [0.2, 0.25) is 0 Å². The van der Waals surface area contributed by atoms with Crippen molar-refractivity contribution in [1.82, 2.24) is 21.3 Å². The zero-order valence-corrected chi connectivity index (χ0v) is 29.1. The average molecular weight is 725 g/mol. The molecule has 0 aromatic heterocycles. The van der Waals surface area contributed by atoms with Gasteiger partial charge in [-0.15, -0.1) is 0 Å². The number of halogens is 6. The van der Waals surface area contributed by atoms with Gasteiger partial charge in [-0.3, -0.25) is 0 Å². The van der Waals surface area contributed by atoms with Gasteiger partial charge in [0, 0.05) is 29.9 Å². The molecule has 2 amide bonds. The lowest BCUT2D eigenvalue weighted by Gasteiger charge is -2.37. The molecule has 2 aromatic rings. The van der Waals surface area contributed by atoms with Crippen LogP contribution >= 0.6 is 0 Å². The fraction of sp³-hybridized carbons (Fsp3) is 0.611. The second-order valence-electron chi connectivity index (χ2n) is 14.0. The van der Waals surface area contributed by atoms with Gasteiger partial charge < -0.3 is 30.7 Å². The molecule has 0 heterocycles. The van der Waals surface area contributed by atoms with E-state index in [4.69, 9.17) is 9.47 Å². The summed E-state index contributed by atoms with van der Waals surface area (Å²) in [6, 6.07) is 18.2. The maximum atomic E-state index is 12.9. The Hall–Kier alpha value is -3.52. The lowest BCUT2D eigenvalue weighted by molar-refractivity contribution is -0.189. The maximum Gasteiger partial charge on any atom is 0.407 e. The number of rotatable bonds is 10. The molecule has 0 atom stereocenters. The second kappa shape index (κ2) is 18.1. The molecule has 0 saturated heterocycles. The number of alkyl carbamates (subject to hydrolysis) is 2. The van der Waals surface area contributed by atoms with E-state index in [2.05, 4.69) is 21.3 Å². The van der Waals surface area contributed by atoms with Crippen molar-refractivity contribution >= 4 is 12.2 Å². The summed E-state index contributed by atoms with van der Waals surface area (Å²) in [6.07, 6.45) is -4.69. The normalized spacial score (nSPS) is 21.6. The third-order valence-electron chi connectivity index (χ3n) is 9.07. The minimum absolute atomic E-state index is 0. The molecule has 2 aromatic carbocycles. The molecule has 0 spiro atoms. The van der Waals surface area contributed by atoms with Gasteiger partial charge in [0.05, 0.1) is 0 Å². The SMILES string of the molecule is CC(C)(NC1CCC(NC(=O)OCc2ccccc2)CC1)C(F)(F)F.CC(C)(NC1CCC(NC(=O)OCc2ccccc2)CC1)C(F)(F)F.[HH].[HH].[HH].[HH]. The Kier molecular flexibility index (Phi) is 14.8. The van der Waals surface area contributed by atoms with Crippen LogP contribution in [0.3, 0.4) is 0 Å². The highest BCUT2D eigenvalue weighted by Crippen LogP contribution is 2.33. The van der Waals surface area contributed by atoms with Gasteiger partial charge in [0.1, 0.15) is 24.3 Å². The maximum absolute atomic E-state index is 12.9. The van der Waals surface area contributed by atoms with E-state index < -0.39 is 35.6 Å². The number of alkyl halides is 6. The Morgan fingerprint density at radius 3 is 1.12 bits per heavy atom. The van der Waals surface area contributed by atoms with E-state index in [-0.39, 0.29) is 43.1 Å². The average Bonchev–Trinajstić information content (AvgIpc) is 3.05. The van der Waals surface area contributed by atoms with Gasteiger partial charge in [-0.05, 0) is 90.2 Å². The van der Waals surface area contributed by atoms with Crippen molar-refractivity contribution in [2.75, 3.05) is 0 Å². The molecule has 0 bridgehead atoms. The van der Waals surface area contributed by atoms with E-state index in [0.29, 0.717) is 51.4 Å². The molecule has 2 fully saturated rings. The fourth-order valence-corrected chi connectivity index (χ4v) is 5.81. The number of hydrogen-bond donors (Lipinski definition) is 4. The molecule has 2 aliphatic rings. The Morgan fingerprint density at radius 1 is 0.560 bits per heavy atom. The highest BCUT2D eigenvalue weighted by atomic mass is 19.4. The first-order chi connectivity index (χ1) is 23.3. The molecule has 0 radical (unpaired) electrons. The quantitative estimate of drug-likeness (QED) is 0.182. The third-order valence-corrected chi connectivity index (χ3v) is 9.07. The predicted octanol–water partition coefficient (Wildman–Crippen LogP) is 9.29. The van der Waals surface area contributed by atoms with Crippen LogP contribution in [0.5, 0.6) is 0 Å². The first kappa shape index (κ1) is 40.9. The number of hydrogen-bond acceptors (Lipinski definition) is 6. The molecule has 288 valence electrons. The van der Waals surface area contributed by atoms with E-state index in [1.807, 2.05) is 60.7 Å². The van der Waals surface area contributed by atoms with E-state index in [9.17, 15) is 35.9 Å². The summed E-state index contributed by atoms with van der Waals surface area (Å²) in [5.41, 5.74) is -2.01. The molecule has 50 heavy (non-hydrogen) atoms. The molecule has 14 heteroatoms. The van der Waals surface area contributed by atoms with Crippen LogP contribution in [0.25, 0.3) is 0 Å². The number of nitrogens with one attached hydrogen (secondary N) is 4. The van der Waals surface area contributed by atoms with Crippen molar-refractivity contribution in [3.63, 3.8) is 0 Å². The fourth-order valence-electron chi connectivity index (χ4n) is 5.81. The number of ether oxygens (including phenoxy) is 2. The number of benzene rings is 2. The van der Waals surface area contributed by atoms with E-state index in [0.717, 1.165) is 38.8 Å². The number of carbonyl (C=O) groups is 2. The smallest absolute Gasteiger partial charge is 0.407 e. The zero-order valence-electron chi connectivity index (χ0n) is 29.1. The van der Waals surface area contributed by atoms with Crippen LogP contribution in [0, 0.1) is 0 Å². The lowest BCUT2D eigenvalue weighted by atomic mass is 9.89. The topological polar surface area (TPSA) is 101 Å². The highest BCUT2D eigenvalue weighted by molar-refractivity contribution is 5.68. The molecule has 4 N–H and O–H groups in total. The molecule has 4 rings (SSSR count). The van der Waals surface area contributed by atoms with Crippen LogP contribution in [0.1, 0.15) is 95.9 Å². The Balaban J connectivity index is 0. The van der Waals surface area contributed by atoms with Crippen molar-refractivity contribution in [2.45, 2.75) is 140 Å². The number of carbonyl (C=O) groups excluding carboxylic acids is 2. The first-order valence-electron chi connectivity index (χ1n) is 17.0. The highest BCUT2D eigenvalue weighted by Gasteiger charge is 2.49. The monoisotopic (exact) mass is 724 g/mol. The summed E-state index contributed by atoms with van der Waals surface area (Å²) in [7, 11) is 0. The Labute approximate surface area is 296 Å². The van der Waals surface area contributed by atoms with Crippen molar-refractivity contribution in [3.05, 3.63) is 71.8 Å². The van der Waals surface area contributed by atoms with E-state index in [1.165, 1.54) is 0 Å². The van der Waals surface area contributed by atoms with Gasteiger partial charge in [0.25, 0.3) is 0 Å². The van der Waals surface area contributed by atoms with Gasteiger partial charge in [0.15, 0.2) is 0 Å². The van der Waals surface area contributed by atoms with Gasteiger partial charge >= 0.3 is 24.5 Å². The van der Waals surface area contributed by atoms with Crippen molar-refractivity contribution < 1.29 is 51.1 Å². The van der Waals surface area contributed by atoms with Gasteiger partial charge in [0.2, 0.25) is 0 Å². The van der Waals surface area contributed by atoms with E-state index in [1.54, 1.807) is 0 Å². The van der Waals surface area contributed by atoms with Crippen LogP contribution < -0.4 is 21.3 Å². The zero-order chi connectivity index (χ0) is 37.0. The summed E-state index contributed by atoms with van der Waals surface area (Å²) < 4.78 is 87.9. The Morgan fingerprint density at radius 2 is 0.840 bits per heavy atom. The molecule has 8 nitrogen and oxygen atoms in total. The van der Waals surface area contributed by atoms with Crippen LogP contribution in [0.15, 0.2) is 60.7 Å². The number of amides is 2. The Bertz CT molecular complexity index is 1230. The molecular formula is C36H58F6N4O4. The first-order valence-corrected chi connectivity index (χ1v) is 17.0. The van der Waals surface area contributed by atoms with Gasteiger partial charge in [-0.25, -0.2) is 9.59 Å². The predicted molar refractivity (Wildman–Crippen MR) is 187 cm³/mol. The largest absolute Gasteiger partial charge is 0.445 e. The minimum Gasteiger partial charge on any atom is -0.445 e. The summed E-state index contributed by atoms with van der Waals surface area (Å²) in [5.74, 6) is 0. The standard InChI is InChI=1S/2C18H25F3N2O2.4H2/c2*1-17(2,18(19,20)21)23-15-10-8-14(9-11-15)22-16(24)25-12-13-6-4-3-5-7-13;;;;/h2*3-7,14-15,23H,8-12H2,1-2H3,(H,22,24);4*1H. The minimum atomic E-state index is -4.29. The summed E-state index contributed by atoms with van der Waals surface area (Å²) >= 11 is 0. The van der Waals surface area contributed by atoms with Crippen molar-refractivity contribution in [1.29, 1.82) is 0 Å².